The van der Waals surface area contributed by atoms with Gasteiger partial charge in [-0.3, -0.25) is 9.59 Å². The number of carbonyl (C=O) groups is 2. The molecule has 3 saturated heterocycles. The summed E-state index contributed by atoms with van der Waals surface area (Å²) in [5.41, 5.74) is 0. The maximum absolute atomic E-state index is 11.7. The predicted octanol–water partition coefficient (Wildman–Crippen LogP) is -7.29. The second kappa shape index (κ2) is 14.0. The van der Waals surface area contributed by atoms with Crippen LogP contribution in [0.3, 0.4) is 0 Å². The Bertz CT molecular complexity index is 854. The fourth-order valence-electron chi connectivity index (χ4n) is 4.86. The molecular formula is C22H38N2O16. The summed E-state index contributed by atoms with van der Waals surface area (Å²) in [5.74, 6) is -1.29. The molecule has 2 amide bonds. The summed E-state index contributed by atoms with van der Waals surface area (Å²) >= 11 is 0. The van der Waals surface area contributed by atoms with Crippen molar-refractivity contribution in [2.75, 3.05) is 19.8 Å². The lowest BCUT2D eigenvalue weighted by Gasteiger charge is -2.48. The van der Waals surface area contributed by atoms with Gasteiger partial charge in [-0.15, -0.1) is 0 Å². The molecule has 0 aromatic carbocycles. The number of rotatable bonds is 9. The molecule has 3 rings (SSSR count). The fourth-order valence-corrected chi connectivity index (χ4v) is 4.86. The monoisotopic (exact) mass is 586 g/mol. The summed E-state index contributed by atoms with van der Waals surface area (Å²) < 4.78 is 27.5. The van der Waals surface area contributed by atoms with Crippen LogP contribution in [0, 0.1) is 0 Å². The number of nitrogens with one attached hydrogen (secondary N) is 2. The van der Waals surface area contributed by atoms with Crippen molar-refractivity contribution < 1.29 is 79.2 Å². The quantitative estimate of drug-likeness (QED) is 0.120. The van der Waals surface area contributed by atoms with E-state index in [9.17, 15) is 55.5 Å². The maximum Gasteiger partial charge on any atom is 0.217 e. The molecule has 0 saturated carbocycles. The Morgan fingerprint density at radius 3 is 1.65 bits per heavy atom. The van der Waals surface area contributed by atoms with E-state index in [1.807, 2.05) is 0 Å². The van der Waals surface area contributed by atoms with Crippen molar-refractivity contribution in [1.82, 2.24) is 10.6 Å². The van der Waals surface area contributed by atoms with Crippen LogP contribution >= 0.6 is 0 Å². The van der Waals surface area contributed by atoms with E-state index in [-0.39, 0.29) is 0 Å². The summed E-state index contributed by atoms with van der Waals surface area (Å²) in [5, 5.41) is 97.2. The van der Waals surface area contributed by atoms with E-state index >= 15 is 0 Å². The second-order valence-corrected chi connectivity index (χ2v) is 9.81. The number of aliphatic hydroxyl groups excluding tert-OH is 9. The van der Waals surface area contributed by atoms with E-state index in [1.54, 1.807) is 0 Å². The van der Waals surface area contributed by atoms with Gasteiger partial charge in [0.2, 0.25) is 11.8 Å². The zero-order valence-corrected chi connectivity index (χ0v) is 21.7. The Morgan fingerprint density at radius 1 is 0.600 bits per heavy atom. The van der Waals surface area contributed by atoms with Crippen molar-refractivity contribution >= 4 is 11.8 Å². The molecule has 0 aromatic rings. The van der Waals surface area contributed by atoms with E-state index in [0.717, 1.165) is 13.8 Å². The first-order valence-corrected chi connectivity index (χ1v) is 12.6. The van der Waals surface area contributed by atoms with Gasteiger partial charge in [0.1, 0.15) is 73.1 Å². The lowest BCUT2D eigenvalue weighted by atomic mass is 9.94. The largest absolute Gasteiger partial charge is 0.394 e. The first kappa shape index (κ1) is 32.9. The summed E-state index contributed by atoms with van der Waals surface area (Å²) in [6.07, 6.45) is -21.4. The summed E-state index contributed by atoms with van der Waals surface area (Å²) in [6.45, 7) is -0.140. The van der Waals surface area contributed by atoms with Gasteiger partial charge in [-0.1, -0.05) is 0 Å². The van der Waals surface area contributed by atoms with Gasteiger partial charge in [0.25, 0.3) is 0 Å². The number of ether oxygens (including phenoxy) is 5. The van der Waals surface area contributed by atoms with Crippen LogP contribution in [-0.4, -0.2) is 170 Å². The molecule has 0 unspecified atom stereocenters. The molecule has 232 valence electrons. The number of hydrogen-bond acceptors (Lipinski definition) is 16. The second-order valence-electron chi connectivity index (χ2n) is 9.81. The minimum Gasteiger partial charge on any atom is -0.394 e. The number of amides is 2. The third-order valence-corrected chi connectivity index (χ3v) is 6.90. The van der Waals surface area contributed by atoms with Crippen LogP contribution in [0.1, 0.15) is 13.8 Å². The first-order chi connectivity index (χ1) is 18.8. The van der Waals surface area contributed by atoms with Gasteiger partial charge in [0.05, 0.1) is 19.8 Å². The van der Waals surface area contributed by atoms with Crippen molar-refractivity contribution in [1.29, 1.82) is 0 Å². The van der Waals surface area contributed by atoms with Crippen LogP contribution in [0.4, 0.5) is 0 Å². The highest BCUT2D eigenvalue weighted by Gasteiger charge is 2.54. The molecule has 0 radical (unpaired) electrons. The molecule has 0 aliphatic carbocycles. The molecule has 3 aliphatic rings. The molecular weight excluding hydrogens is 548 g/mol. The maximum atomic E-state index is 11.7. The minimum atomic E-state index is -1.92. The lowest BCUT2D eigenvalue weighted by Crippen LogP contribution is -2.69. The SMILES string of the molecule is CC(=O)N[C@@H]1[C@@H](O)[C@H](O[C@@H]2O[C@H](CO)[C@H](O)[C@H](O[C@@H]3O[C@H](CO)[C@@H](O)[C@H](O)[C@H]3NC(C)=O)[C@H]2O)[C@@H](CO)O[C@H]1O. The zero-order chi connectivity index (χ0) is 29.9. The molecule has 11 N–H and O–H groups in total. The first-order valence-electron chi connectivity index (χ1n) is 12.6. The van der Waals surface area contributed by atoms with Gasteiger partial charge in [0.15, 0.2) is 18.9 Å². The number of carbonyl (C=O) groups excluding carboxylic acids is 2. The normalized spacial score (nSPS) is 46.0. The smallest absolute Gasteiger partial charge is 0.217 e. The van der Waals surface area contributed by atoms with Crippen molar-refractivity contribution in [2.45, 2.75) is 106 Å². The van der Waals surface area contributed by atoms with E-state index in [0.29, 0.717) is 0 Å². The van der Waals surface area contributed by atoms with Crippen molar-refractivity contribution in [3.05, 3.63) is 0 Å². The highest BCUT2D eigenvalue weighted by molar-refractivity contribution is 5.73. The molecule has 40 heavy (non-hydrogen) atoms. The summed E-state index contributed by atoms with van der Waals surface area (Å²) in [6, 6.07) is -2.84. The average Bonchev–Trinajstić information content (AvgIpc) is 2.90. The Morgan fingerprint density at radius 2 is 1.10 bits per heavy atom. The molecule has 0 bridgehead atoms. The fraction of sp³-hybridized carbons (Fsp3) is 0.909. The highest BCUT2D eigenvalue weighted by Crippen LogP contribution is 2.32. The van der Waals surface area contributed by atoms with Crippen LogP contribution in [-0.2, 0) is 33.3 Å². The molecule has 3 heterocycles. The van der Waals surface area contributed by atoms with E-state index < -0.39 is 124 Å². The van der Waals surface area contributed by atoms with E-state index in [2.05, 4.69) is 10.6 Å². The van der Waals surface area contributed by atoms with Gasteiger partial charge in [-0.25, -0.2) is 0 Å². The third kappa shape index (κ3) is 7.05. The van der Waals surface area contributed by atoms with Crippen LogP contribution in [0.5, 0.6) is 0 Å². The standard InChI is InChI=1S/C22H38N2O16/c1-6(28)23-11-16(33)18(10(5-27)36-20(11)35)39-22-17(34)19(14(31)9(4-26)38-22)40-21-12(24-7(2)29)15(32)13(30)8(3-25)37-21/h8-22,25-27,30-35H,3-5H2,1-2H3,(H,23,28)(H,24,29)/t8-,9-,10-,11-,12-,13-,14+,15-,16-,17-,18-,19+,20-,21+,22+/m1/s1. The van der Waals surface area contributed by atoms with Gasteiger partial charge >= 0.3 is 0 Å². The molecule has 3 aliphatic heterocycles. The van der Waals surface area contributed by atoms with Crippen molar-refractivity contribution in [2.24, 2.45) is 0 Å². The van der Waals surface area contributed by atoms with Crippen LogP contribution in [0.15, 0.2) is 0 Å². The van der Waals surface area contributed by atoms with E-state index in [4.69, 9.17) is 23.7 Å². The van der Waals surface area contributed by atoms with Crippen LogP contribution in [0.25, 0.3) is 0 Å². The Hall–Kier alpha value is -1.62. The van der Waals surface area contributed by atoms with Gasteiger partial charge in [-0.05, 0) is 0 Å². The molecule has 15 atom stereocenters. The highest BCUT2D eigenvalue weighted by atomic mass is 16.7. The lowest BCUT2D eigenvalue weighted by molar-refractivity contribution is -0.367. The molecule has 0 aromatic heterocycles. The zero-order valence-electron chi connectivity index (χ0n) is 21.7. The molecule has 3 fully saturated rings. The summed E-state index contributed by atoms with van der Waals surface area (Å²) in [7, 11) is 0. The van der Waals surface area contributed by atoms with Gasteiger partial charge < -0.3 is 80.3 Å². The Balaban J connectivity index is 1.85. The van der Waals surface area contributed by atoms with Gasteiger partial charge in [-0.2, -0.15) is 0 Å². The topological polar surface area (TPSA) is 286 Å². The van der Waals surface area contributed by atoms with Crippen LogP contribution < -0.4 is 10.6 Å². The average molecular weight is 587 g/mol. The van der Waals surface area contributed by atoms with Crippen LogP contribution in [0.2, 0.25) is 0 Å². The summed E-state index contributed by atoms with van der Waals surface area (Å²) in [4.78, 5) is 23.3. The van der Waals surface area contributed by atoms with Crippen molar-refractivity contribution in [3.8, 4) is 0 Å². The number of hydrogen-bond donors (Lipinski definition) is 11. The number of aliphatic hydroxyl groups is 9. The molecule has 18 nitrogen and oxygen atoms in total. The van der Waals surface area contributed by atoms with Gasteiger partial charge in [0, 0.05) is 13.8 Å². The molecule has 18 heteroatoms. The Labute approximate surface area is 228 Å². The van der Waals surface area contributed by atoms with E-state index in [1.165, 1.54) is 0 Å². The van der Waals surface area contributed by atoms with Crippen molar-refractivity contribution in [3.63, 3.8) is 0 Å². The molecule has 0 spiro atoms. The third-order valence-electron chi connectivity index (χ3n) is 6.90. The Kier molecular flexibility index (Phi) is 11.5. The minimum absolute atomic E-state index is 0.631. The predicted molar refractivity (Wildman–Crippen MR) is 124 cm³/mol.